The standard InChI is InChI=1S/C18H29BrN4O3.HI/c1-4-20-18(21-5-6-23-7-9-26-10-8-23)22-13-14-11-15(19)17(25-3)16(12-14)24-2;/h11-12H,4-10,13H2,1-3H3,(H2,20,21,22);1H. The van der Waals surface area contributed by atoms with E-state index >= 15 is 0 Å². The Balaban J connectivity index is 0.00000364. The molecule has 1 aromatic rings. The third-order valence-electron chi connectivity index (χ3n) is 4.08. The molecular weight excluding hydrogens is 527 g/mol. The minimum atomic E-state index is 0. The maximum atomic E-state index is 5.39. The fraction of sp³-hybridized carbons (Fsp3) is 0.611. The molecule has 0 aliphatic carbocycles. The molecule has 1 fully saturated rings. The first-order valence-electron chi connectivity index (χ1n) is 8.90. The molecule has 1 aliphatic heterocycles. The summed E-state index contributed by atoms with van der Waals surface area (Å²) in [5.74, 6) is 2.19. The van der Waals surface area contributed by atoms with E-state index < -0.39 is 0 Å². The molecular formula is C18H30BrIN4O3. The van der Waals surface area contributed by atoms with Gasteiger partial charge in [-0.1, -0.05) is 0 Å². The molecule has 0 spiro atoms. The van der Waals surface area contributed by atoms with Gasteiger partial charge >= 0.3 is 0 Å². The number of hydrogen-bond donors (Lipinski definition) is 2. The number of nitrogens with zero attached hydrogens (tertiary/aromatic N) is 2. The lowest BCUT2D eigenvalue weighted by Crippen LogP contribution is -2.44. The first-order valence-corrected chi connectivity index (χ1v) is 9.70. The van der Waals surface area contributed by atoms with Gasteiger partial charge in [-0.2, -0.15) is 0 Å². The van der Waals surface area contributed by atoms with Crippen LogP contribution in [0.4, 0.5) is 0 Å². The number of ether oxygens (including phenoxy) is 3. The van der Waals surface area contributed by atoms with Crippen molar-refractivity contribution in [2.75, 3.05) is 60.2 Å². The Labute approximate surface area is 187 Å². The van der Waals surface area contributed by atoms with Gasteiger partial charge in [0.25, 0.3) is 0 Å². The number of guanidine groups is 1. The van der Waals surface area contributed by atoms with E-state index in [2.05, 4.69) is 43.4 Å². The van der Waals surface area contributed by atoms with E-state index in [0.29, 0.717) is 18.0 Å². The Hall–Kier alpha value is -0.780. The van der Waals surface area contributed by atoms with Crippen molar-refractivity contribution in [3.63, 3.8) is 0 Å². The Morgan fingerprint density at radius 3 is 2.59 bits per heavy atom. The van der Waals surface area contributed by atoms with Crippen molar-refractivity contribution in [1.29, 1.82) is 0 Å². The van der Waals surface area contributed by atoms with Crippen LogP contribution in [-0.2, 0) is 11.3 Å². The van der Waals surface area contributed by atoms with Crippen molar-refractivity contribution in [3.05, 3.63) is 22.2 Å². The van der Waals surface area contributed by atoms with Crippen molar-refractivity contribution in [1.82, 2.24) is 15.5 Å². The Kier molecular flexibility index (Phi) is 12.0. The molecule has 2 rings (SSSR count). The van der Waals surface area contributed by atoms with E-state index in [0.717, 1.165) is 61.9 Å². The monoisotopic (exact) mass is 556 g/mol. The van der Waals surface area contributed by atoms with Gasteiger partial charge < -0.3 is 24.8 Å². The van der Waals surface area contributed by atoms with Crippen molar-refractivity contribution >= 4 is 45.9 Å². The highest BCUT2D eigenvalue weighted by molar-refractivity contribution is 14.0. The summed E-state index contributed by atoms with van der Waals surface area (Å²) in [5, 5.41) is 6.68. The number of morpholine rings is 1. The second-order valence-corrected chi connectivity index (χ2v) is 6.74. The lowest BCUT2D eigenvalue weighted by atomic mass is 10.2. The maximum Gasteiger partial charge on any atom is 0.191 e. The molecule has 1 heterocycles. The van der Waals surface area contributed by atoms with Gasteiger partial charge in [-0.3, -0.25) is 4.90 Å². The molecule has 0 saturated carbocycles. The summed E-state index contributed by atoms with van der Waals surface area (Å²) in [4.78, 5) is 7.07. The molecule has 9 heteroatoms. The highest BCUT2D eigenvalue weighted by Crippen LogP contribution is 2.36. The van der Waals surface area contributed by atoms with Crippen LogP contribution in [0.1, 0.15) is 12.5 Å². The molecule has 0 bridgehead atoms. The largest absolute Gasteiger partial charge is 0.493 e. The molecule has 2 N–H and O–H groups in total. The molecule has 154 valence electrons. The molecule has 1 saturated heterocycles. The highest BCUT2D eigenvalue weighted by Gasteiger charge is 2.11. The lowest BCUT2D eigenvalue weighted by molar-refractivity contribution is 0.0389. The number of halogens is 2. The van der Waals surface area contributed by atoms with Crippen molar-refractivity contribution in [2.45, 2.75) is 13.5 Å². The molecule has 0 amide bonds. The third kappa shape index (κ3) is 8.00. The summed E-state index contributed by atoms with van der Waals surface area (Å²) in [6.07, 6.45) is 0. The first kappa shape index (κ1) is 24.3. The zero-order valence-electron chi connectivity index (χ0n) is 16.2. The van der Waals surface area contributed by atoms with Crippen LogP contribution < -0.4 is 20.1 Å². The SMILES string of the molecule is CCNC(=NCc1cc(Br)c(OC)c(OC)c1)NCCN1CCOCC1.I. The average Bonchev–Trinajstić information content (AvgIpc) is 2.66. The topological polar surface area (TPSA) is 67.4 Å². The highest BCUT2D eigenvalue weighted by atomic mass is 127. The molecule has 1 aromatic carbocycles. The van der Waals surface area contributed by atoms with Crippen LogP contribution in [0, 0.1) is 0 Å². The van der Waals surface area contributed by atoms with Gasteiger partial charge in [-0.25, -0.2) is 4.99 Å². The van der Waals surface area contributed by atoms with E-state index in [4.69, 9.17) is 14.2 Å². The van der Waals surface area contributed by atoms with Gasteiger partial charge in [0.1, 0.15) is 0 Å². The van der Waals surface area contributed by atoms with Crippen molar-refractivity contribution in [3.8, 4) is 11.5 Å². The van der Waals surface area contributed by atoms with Crippen LogP contribution in [0.15, 0.2) is 21.6 Å². The van der Waals surface area contributed by atoms with Gasteiger partial charge in [0.2, 0.25) is 0 Å². The predicted octanol–water partition coefficient (Wildman–Crippen LogP) is 2.47. The lowest BCUT2D eigenvalue weighted by Gasteiger charge is -2.26. The summed E-state index contributed by atoms with van der Waals surface area (Å²) >= 11 is 3.52. The van der Waals surface area contributed by atoms with Crippen LogP contribution in [0.25, 0.3) is 0 Å². The van der Waals surface area contributed by atoms with Crippen molar-refractivity contribution < 1.29 is 14.2 Å². The number of methoxy groups -OCH3 is 2. The summed E-state index contributed by atoms with van der Waals surface area (Å²) in [5.41, 5.74) is 1.04. The molecule has 27 heavy (non-hydrogen) atoms. The Morgan fingerprint density at radius 1 is 1.22 bits per heavy atom. The van der Waals surface area contributed by atoms with E-state index in [1.807, 2.05) is 12.1 Å². The quantitative estimate of drug-likeness (QED) is 0.291. The number of rotatable bonds is 8. The third-order valence-corrected chi connectivity index (χ3v) is 4.67. The van der Waals surface area contributed by atoms with Crippen molar-refractivity contribution in [2.24, 2.45) is 4.99 Å². The van der Waals surface area contributed by atoms with Gasteiger partial charge in [0, 0.05) is 32.7 Å². The molecule has 0 radical (unpaired) electrons. The van der Waals surface area contributed by atoms with Crippen LogP contribution in [-0.4, -0.2) is 71.0 Å². The average molecular weight is 557 g/mol. The van der Waals surface area contributed by atoms with Crippen LogP contribution in [0.3, 0.4) is 0 Å². The first-order chi connectivity index (χ1) is 12.7. The second-order valence-electron chi connectivity index (χ2n) is 5.89. The fourth-order valence-electron chi connectivity index (χ4n) is 2.73. The predicted molar refractivity (Wildman–Crippen MR) is 123 cm³/mol. The summed E-state index contributed by atoms with van der Waals surface area (Å²) in [6, 6.07) is 3.95. The van der Waals surface area contributed by atoms with Crippen LogP contribution >= 0.6 is 39.9 Å². The zero-order valence-corrected chi connectivity index (χ0v) is 20.1. The minimum Gasteiger partial charge on any atom is -0.493 e. The number of aliphatic imine (C=N–C) groups is 1. The van der Waals surface area contributed by atoms with Gasteiger partial charge in [-0.05, 0) is 40.5 Å². The summed E-state index contributed by atoms with van der Waals surface area (Å²) < 4.78 is 17.0. The van der Waals surface area contributed by atoms with E-state index in [9.17, 15) is 0 Å². The number of nitrogens with one attached hydrogen (secondary N) is 2. The fourth-order valence-corrected chi connectivity index (χ4v) is 3.38. The Morgan fingerprint density at radius 2 is 1.96 bits per heavy atom. The Bertz CT molecular complexity index is 598. The maximum absolute atomic E-state index is 5.39. The van der Waals surface area contributed by atoms with Gasteiger partial charge in [0.05, 0.1) is 38.5 Å². The zero-order chi connectivity index (χ0) is 18.8. The number of hydrogen-bond acceptors (Lipinski definition) is 5. The molecule has 0 aromatic heterocycles. The second kappa shape index (κ2) is 13.4. The van der Waals surface area contributed by atoms with E-state index in [-0.39, 0.29) is 24.0 Å². The summed E-state index contributed by atoms with van der Waals surface area (Å²) in [7, 11) is 3.26. The number of benzene rings is 1. The molecule has 7 nitrogen and oxygen atoms in total. The van der Waals surface area contributed by atoms with E-state index in [1.54, 1.807) is 14.2 Å². The van der Waals surface area contributed by atoms with E-state index in [1.165, 1.54) is 0 Å². The minimum absolute atomic E-state index is 0. The normalized spacial score (nSPS) is 15.0. The molecule has 0 unspecified atom stereocenters. The summed E-state index contributed by atoms with van der Waals surface area (Å²) in [6.45, 7) is 8.89. The molecule has 1 aliphatic rings. The van der Waals surface area contributed by atoms with Gasteiger partial charge in [0.15, 0.2) is 17.5 Å². The smallest absolute Gasteiger partial charge is 0.191 e. The van der Waals surface area contributed by atoms with Gasteiger partial charge in [-0.15, -0.1) is 24.0 Å². The molecule has 0 atom stereocenters. The van der Waals surface area contributed by atoms with Crippen LogP contribution in [0.2, 0.25) is 0 Å². The van der Waals surface area contributed by atoms with Crippen LogP contribution in [0.5, 0.6) is 11.5 Å².